The molecule has 3 rings (SSSR count). The number of ether oxygens (including phenoxy) is 1. The van der Waals surface area contributed by atoms with Gasteiger partial charge in [-0.1, -0.05) is 0 Å². The third kappa shape index (κ3) is 0.507. The summed E-state index contributed by atoms with van der Waals surface area (Å²) in [5.41, 5.74) is 0. The lowest BCUT2D eigenvalue weighted by Gasteiger charge is -2.20. The number of hydrogen-bond donors (Lipinski definition) is 0. The van der Waals surface area contributed by atoms with Crippen LogP contribution in [0.3, 0.4) is 0 Å². The Bertz CT molecular complexity index is 169. The number of fused-ring (bicyclic) bond motifs is 1. The van der Waals surface area contributed by atoms with Crippen molar-refractivity contribution in [1.29, 1.82) is 0 Å². The fourth-order valence-electron chi connectivity index (χ4n) is 3.01. The lowest BCUT2D eigenvalue weighted by atomic mass is 9.90. The topological polar surface area (TPSA) is 9.23 Å². The molecule has 56 valence electrons. The van der Waals surface area contributed by atoms with Crippen LogP contribution in [0.4, 0.5) is 0 Å². The van der Waals surface area contributed by atoms with Crippen molar-refractivity contribution in [3.63, 3.8) is 0 Å². The van der Waals surface area contributed by atoms with Gasteiger partial charge < -0.3 is 4.74 Å². The molecular weight excluding hydrogens is 148 g/mol. The zero-order valence-electron chi connectivity index (χ0n) is 5.79. The minimum atomic E-state index is 0.351. The van der Waals surface area contributed by atoms with Crippen LogP contribution in [-0.4, -0.2) is 18.1 Å². The van der Waals surface area contributed by atoms with Crippen molar-refractivity contribution in [3.8, 4) is 0 Å². The molecule has 5 unspecified atom stereocenters. The van der Waals surface area contributed by atoms with Crippen molar-refractivity contribution >= 4 is 11.6 Å². The first-order valence-electron chi connectivity index (χ1n) is 4.12. The Kier molecular flexibility index (Phi) is 0.993. The van der Waals surface area contributed by atoms with E-state index in [9.17, 15) is 0 Å². The molecule has 2 heteroatoms. The third-order valence-electron chi connectivity index (χ3n) is 3.47. The summed E-state index contributed by atoms with van der Waals surface area (Å²) in [5.74, 6) is 2.52. The largest absolute Gasteiger partial charge is 0.376 e. The summed E-state index contributed by atoms with van der Waals surface area (Å²) in [6.07, 6.45) is 3.13. The molecule has 0 N–H and O–H groups in total. The van der Waals surface area contributed by atoms with Gasteiger partial charge in [-0.25, -0.2) is 0 Å². The van der Waals surface area contributed by atoms with E-state index in [1.165, 1.54) is 12.8 Å². The average molecular weight is 159 g/mol. The number of alkyl halides is 1. The van der Waals surface area contributed by atoms with Crippen LogP contribution < -0.4 is 0 Å². The van der Waals surface area contributed by atoms with Gasteiger partial charge in [0.25, 0.3) is 0 Å². The summed E-state index contributed by atoms with van der Waals surface area (Å²) in [6.45, 7) is 0.995. The highest BCUT2D eigenvalue weighted by molar-refractivity contribution is 6.21. The molecule has 1 saturated heterocycles. The first kappa shape index (κ1) is 5.84. The van der Waals surface area contributed by atoms with E-state index in [1.807, 2.05) is 0 Å². The molecule has 5 atom stereocenters. The SMILES string of the molecule is ClC1C2CC3COC1C3C2. The van der Waals surface area contributed by atoms with E-state index in [0.717, 1.165) is 24.4 Å². The lowest BCUT2D eigenvalue weighted by Crippen LogP contribution is -2.26. The Balaban J connectivity index is 2.00. The van der Waals surface area contributed by atoms with Gasteiger partial charge >= 0.3 is 0 Å². The molecule has 2 aliphatic carbocycles. The maximum absolute atomic E-state index is 6.18. The van der Waals surface area contributed by atoms with Crippen LogP contribution >= 0.6 is 11.6 Å². The predicted octanol–water partition coefficient (Wildman–Crippen LogP) is 1.65. The van der Waals surface area contributed by atoms with Crippen molar-refractivity contribution in [2.45, 2.75) is 24.3 Å². The van der Waals surface area contributed by atoms with Crippen LogP contribution in [0.5, 0.6) is 0 Å². The summed E-state index contributed by atoms with van der Waals surface area (Å²) in [5, 5.41) is 0.351. The van der Waals surface area contributed by atoms with Gasteiger partial charge in [-0.05, 0) is 30.6 Å². The monoisotopic (exact) mass is 158 g/mol. The van der Waals surface area contributed by atoms with Gasteiger partial charge in [0.05, 0.1) is 18.1 Å². The summed E-state index contributed by atoms with van der Waals surface area (Å²) in [6, 6.07) is 0. The number of hydrogen-bond acceptors (Lipinski definition) is 1. The van der Waals surface area contributed by atoms with E-state index >= 15 is 0 Å². The highest BCUT2D eigenvalue weighted by Gasteiger charge is 2.56. The van der Waals surface area contributed by atoms with Gasteiger partial charge in [0.1, 0.15) is 0 Å². The van der Waals surface area contributed by atoms with Gasteiger partial charge in [-0.2, -0.15) is 0 Å². The Hall–Kier alpha value is 0.250. The molecule has 3 aliphatic rings. The smallest absolute Gasteiger partial charge is 0.0773 e. The zero-order valence-corrected chi connectivity index (χ0v) is 6.55. The van der Waals surface area contributed by atoms with Gasteiger partial charge in [-0.15, -0.1) is 11.6 Å². The molecule has 0 amide bonds. The van der Waals surface area contributed by atoms with E-state index in [4.69, 9.17) is 16.3 Å². The summed E-state index contributed by atoms with van der Waals surface area (Å²) in [7, 11) is 0. The second kappa shape index (κ2) is 1.70. The summed E-state index contributed by atoms with van der Waals surface area (Å²) in [4.78, 5) is 0. The molecule has 1 nitrogen and oxygen atoms in total. The van der Waals surface area contributed by atoms with Crippen molar-refractivity contribution in [1.82, 2.24) is 0 Å². The van der Waals surface area contributed by atoms with Gasteiger partial charge in [0.2, 0.25) is 0 Å². The van der Waals surface area contributed by atoms with Crippen LogP contribution in [-0.2, 0) is 4.74 Å². The van der Waals surface area contributed by atoms with Crippen LogP contribution in [0.2, 0.25) is 0 Å². The van der Waals surface area contributed by atoms with Crippen LogP contribution in [0.1, 0.15) is 12.8 Å². The molecule has 2 bridgehead atoms. The van der Waals surface area contributed by atoms with Crippen molar-refractivity contribution in [2.75, 3.05) is 6.61 Å². The molecule has 1 aliphatic heterocycles. The highest BCUT2D eigenvalue weighted by Crippen LogP contribution is 2.55. The standard InChI is InChI=1S/C8H11ClO/c9-7-4-1-5-3-10-8(7)6(5)2-4/h4-8H,1-3H2. The minimum absolute atomic E-state index is 0.351. The summed E-state index contributed by atoms with van der Waals surface area (Å²) >= 11 is 6.18. The van der Waals surface area contributed by atoms with Gasteiger partial charge in [0, 0.05) is 0 Å². The molecule has 3 fully saturated rings. The number of rotatable bonds is 0. The quantitative estimate of drug-likeness (QED) is 0.487. The van der Waals surface area contributed by atoms with E-state index in [0.29, 0.717) is 11.5 Å². The molecule has 0 aromatic carbocycles. The second-order valence-electron chi connectivity index (χ2n) is 3.90. The Morgan fingerprint density at radius 1 is 1.20 bits per heavy atom. The molecule has 0 spiro atoms. The maximum atomic E-state index is 6.18. The van der Waals surface area contributed by atoms with Crippen LogP contribution in [0.15, 0.2) is 0 Å². The van der Waals surface area contributed by atoms with E-state index in [1.54, 1.807) is 0 Å². The van der Waals surface area contributed by atoms with Crippen molar-refractivity contribution < 1.29 is 4.74 Å². The zero-order chi connectivity index (χ0) is 6.72. The lowest BCUT2D eigenvalue weighted by molar-refractivity contribution is 0.104. The second-order valence-corrected chi connectivity index (χ2v) is 4.40. The van der Waals surface area contributed by atoms with Gasteiger partial charge in [-0.3, -0.25) is 0 Å². The molecule has 0 radical (unpaired) electrons. The maximum Gasteiger partial charge on any atom is 0.0773 e. The molecule has 10 heavy (non-hydrogen) atoms. The third-order valence-corrected chi connectivity index (χ3v) is 4.08. The Morgan fingerprint density at radius 2 is 2.10 bits per heavy atom. The van der Waals surface area contributed by atoms with E-state index in [-0.39, 0.29) is 0 Å². The number of halogens is 1. The Morgan fingerprint density at radius 3 is 2.80 bits per heavy atom. The van der Waals surface area contributed by atoms with Crippen LogP contribution in [0.25, 0.3) is 0 Å². The highest BCUT2D eigenvalue weighted by atomic mass is 35.5. The minimum Gasteiger partial charge on any atom is -0.376 e. The Labute approximate surface area is 65.7 Å². The molecule has 0 aromatic heterocycles. The molecule has 1 heterocycles. The molecular formula is C8H11ClO. The van der Waals surface area contributed by atoms with E-state index < -0.39 is 0 Å². The fourth-order valence-corrected chi connectivity index (χ4v) is 3.48. The molecule has 0 aromatic rings. The first-order chi connectivity index (χ1) is 4.86. The van der Waals surface area contributed by atoms with Crippen LogP contribution in [0, 0.1) is 17.8 Å². The average Bonchev–Trinajstić information content (AvgIpc) is 2.43. The first-order valence-corrected chi connectivity index (χ1v) is 4.55. The van der Waals surface area contributed by atoms with Gasteiger partial charge in [0.15, 0.2) is 0 Å². The molecule has 2 saturated carbocycles. The summed E-state index contributed by atoms with van der Waals surface area (Å²) < 4.78 is 5.61. The van der Waals surface area contributed by atoms with Crippen molar-refractivity contribution in [2.24, 2.45) is 17.8 Å². The predicted molar refractivity (Wildman–Crippen MR) is 39.1 cm³/mol. The fraction of sp³-hybridized carbons (Fsp3) is 1.00. The normalized spacial score (nSPS) is 63.9. The van der Waals surface area contributed by atoms with E-state index in [2.05, 4.69) is 0 Å². The van der Waals surface area contributed by atoms with Crippen molar-refractivity contribution in [3.05, 3.63) is 0 Å².